The Bertz CT molecular complexity index is 307. The Balaban J connectivity index is 0.00000106. The summed E-state index contributed by atoms with van der Waals surface area (Å²) in [6.45, 7) is 7.87. The lowest BCUT2D eigenvalue weighted by atomic mass is 10.2. The molecular weight excluding hydrogens is 206 g/mol. The van der Waals surface area contributed by atoms with Gasteiger partial charge in [-0.15, -0.1) is 13.2 Å². The first-order valence-corrected chi connectivity index (χ1v) is 5.20. The van der Waals surface area contributed by atoms with Crippen molar-refractivity contribution in [2.24, 2.45) is 0 Å². The summed E-state index contributed by atoms with van der Waals surface area (Å²) in [7, 11) is 1.40. The first kappa shape index (κ1) is 14.4. The van der Waals surface area contributed by atoms with Gasteiger partial charge in [0.2, 0.25) is 0 Å². The molecule has 0 aliphatic rings. The van der Waals surface area contributed by atoms with Gasteiger partial charge < -0.3 is 9.15 Å². The highest BCUT2D eigenvalue weighted by molar-refractivity contribution is 5.68. The van der Waals surface area contributed by atoms with Crippen molar-refractivity contribution >= 4 is 5.97 Å². The minimum Gasteiger partial charge on any atom is -0.469 e. The van der Waals surface area contributed by atoms with E-state index in [0.29, 0.717) is 6.42 Å². The van der Waals surface area contributed by atoms with Crippen LogP contribution in [0.4, 0.5) is 0 Å². The van der Waals surface area contributed by atoms with Crippen LogP contribution in [0, 0.1) is 6.92 Å². The number of carbonyl (C=O) groups excluding carboxylic acids is 1. The van der Waals surface area contributed by atoms with Gasteiger partial charge in [-0.05, 0) is 19.8 Å². The van der Waals surface area contributed by atoms with Crippen LogP contribution in [0.1, 0.15) is 30.9 Å². The Labute approximate surface area is 96.3 Å². The molecule has 0 amide bonds. The summed E-state index contributed by atoms with van der Waals surface area (Å²) in [6, 6.07) is 0. The van der Waals surface area contributed by atoms with Crippen LogP contribution < -0.4 is 0 Å². The van der Waals surface area contributed by atoms with Crippen LogP contribution in [0.25, 0.3) is 0 Å². The van der Waals surface area contributed by atoms with Crippen LogP contribution in [0.2, 0.25) is 0 Å². The topological polar surface area (TPSA) is 52.3 Å². The minimum atomic E-state index is -0.159. The fourth-order valence-corrected chi connectivity index (χ4v) is 1.16. The molecular formula is C12H19NO3. The fourth-order valence-electron chi connectivity index (χ4n) is 1.16. The molecule has 0 aromatic carbocycles. The minimum absolute atomic E-state index is 0.159. The van der Waals surface area contributed by atoms with E-state index in [-0.39, 0.29) is 5.97 Å². The zero-order valence-corrected chi connectivity index (χ0v) is 9.99. The van der Waals surface area contributed by atoms with E-state index >= 15 is 0 Å². The van der Waals surface area contributed by atoms with Crippen LogP contribution in [0.3, 0.4) is 0 Å². The number of methoxy groups -OCH3 is 1. The predicted molar refractivity (Wildman–Crippen MR) is 62.1 cm³/mol. The predicted octanol–water partition coefficient (Wildman–Crippen LogP) is 2.67. The molecule has 4 heteroatoms. The Kier molecular flexibility index (Phi) is 7.85. The van der Waals surface area contributed by atoms with Gasteiger partial charge >= 0.3 is 5.97 Å². The molecule has 0 unspecified atom stereocenters. The van der Waals surface area contributed by atoms with Crippen LogP contribution in [0.5, 0.6) is 0 Å². The summed E-state index contributed by atoms with van der Waals surface area (Å²) >= 11 is 0. The number of esters is 1. The number of oxazole rings is 1. The Hall–Kier alpha value is -1.58. The molecule has 0 atom stereocenters. The van der Waals surface area contributed by atoms with E-state index in [2.05, 4.69) is 22.9 Å². The lowest BCUT2D eigenvalue weighted by molar-refractivity contribution is -0.140. The average Bonchev–Trinajstić information content (AvgIpc) is 2.73. The molecule has 1 rings (SSSR count). The van der Waals surface area contributed by atoms with Gasteiger partial charge in [0.05, 0.1) is 13.3 Å². The molecule has 90 valence electrons. The first-order chi connectivity index (χ1) is 7.72. The first-order valence-electron chi connectivity index (χ1n) is 5.20. The maximum Gasteiger partial charge on any atom is 0.305 e. The van der Waals surface area contributed by atoms with Gasteiger partial charge in [-0.3, -0.25) is 4.79 Å². The highest BCUT2D eigenvalue weighted by atomic mass is 16.5. The summed E-state index contributed by atoms with van der Waals surface area (Å²) in [4.78, 5) is 14.8. The van der Waals surface area contributed by atoms with E-state index < -0.39 is 0 Å². The van der Waals surface area contributed by atoms with Crippen molar-refractivity contribution in [3.8, 4) is 0 Å². The second kappa shape index (κ2) is 8.71. The van der Waals surface area contributed by atoms with Crippen molar-refractivity contribution in [1.82, 2.24) is 4.98 Å². The molecule has 4 nitrogen and oxygen atoms in total. The summed E-state index contributed by atoms with van der Waals surface area (Å²) in [6.07, 6.45) is 4.67. The Morgan fingerprint density at radius 1 is 1.50 bits per heavy atom. The summed E-state index contributed by atoms with van der Waals surface area (Å²) in [5.74, 6) is 1.41. The Morgan fingerprint density at radius 2 is 2.19 bits per heavy atom. The van der Waals surface area contributed by atoms with E-state index in [1.54, 1.807) is 6.20 Å². The zero-order valence-electron chi connectivity index (χ0n) is 9.99. The summed E-state index contributed by atoms with van der Waals surface area (Å²) in [5, 5.41) is 0. The number of rotatable bonds is 5. The van der Waals surface area contributed by atoms with Crippen LogP contribution >= 0.6 is 0 Å². The molecule has 1 aromatic rings. The van der Waals surface area contributed by atoms with E-state index in [4.69, 9.17) is 4.42 Å². The number of unbranched alkanes of at least 4 members (excludes halogenated alkanes) is 1. The SMILES string of the molecule is C=C.COC(=O)CCCCc1ncc(C)o1. The van der Waals surface area contributed by atoms with E-state index in [1.807, 2.05) is 6.92 Å². The van der Waals surface area contributed by atoms with Gasteiger partial charge in [0.15, 0.2) is 5.89 Å². The van der Waals surface area contributed by atoms with Crippen molar-refractivity contribution in [1.29, 1.82) is 0 Å². The van der Waals surface area contributed by atoms with E-state index in [0.717, 1.165) is 30.9 Å². The third kappa shape index (κ3) is 6.01. The highest BCUT2D eigenvalue weighted by Gasteiger charge is 2.02. The van der Waals surface area contributed by atoms with Crippen LogP contribution in [0.15, 0.2) is 23.8 Å². The number of aryl methyl sites for hydroxylation is 2. The fraction of sp³-hybridized carbons (Fsp3) is 0.500. The van der Waals surface area contributed by atoms with Crippen molar-refractivity contribution in [2.75, 3.05) is 7.11 Å². The zero-order chi connectivity index (χ0) is 12.4. The molecule has 0 saturated carbocycles. The number of hydrogen-bond donors (Lipinski definition) is 0. The molecule has 0 fully saturated rings. The molecule has 0 aliphatic carbocycles. The van der Waals surface area contributed by atoms with E-state index in [9.17, 15) is 4.79 Å². The normalized spacial score (nSPS) is 9.12. The number of aromatic nitrogens is 1. The molecule has 1 heterocycles. The van der Waals surface area contributed by atoms with Gasteiger partial charge in [-0.1, -0.05) is 0 Å². The lowest BCUT2D eigenvalue weighted by Gasteiger charge is -1.97. The number of carbonyl (C=O) groups is 1. The van der Waals surface area contributed by atoms with Crippen molar-refractivity contribution < 1.29 is 13.9 Å². The molecule has 0 N–H and O–H groups in total. The third-order valence-corrected chi connectivity index (χ3v) is 1.92. The molecule has 0 spiro atoms. The third-order valence-electron chi connectivity index (χ3n) is 1.92. The summed E-state index contributed by atoms with van der Waals surface area (Å²) < 4.78 is 9.82. The second-order valence-corrected chi connectivity index (χ2v) is 3.15. The van der Waals surface area contributed by atoms with Gasteiger partial charge in [-0.25, -0.2) is 4.98 Å². The van der Waals surface area contributed by atoms with Gasteiger partial charge in [0.1, 0.15) is 5.76 Å². The number of ether oxygens (including phenoxy) is 1. The molecule has 1 aromatic heterocycles. The lowest BCUT2D eigenvalue weighted by Crippen LogP contribution is -1.99. The number of hydrogen-bond acceptors (Lipinski definition) is 4. The van der Waals surface area contributed by atoms with Crippen molar-refractivity contribution in [3.63, 3.8) is 0 Å². The maximum absolute atomic E-state index is 10.8. The molecule has 16 heavy (non-hydrogen) atoms. The second-order valence-electron chi connectivity index (χ2n) is 3.15. The van der Waals surface area contributed by atoms with Crippen LogP contribution in [-0.4, -0.2) is 18.1 Å². The van der Waals surface area contributed by atoms with Crippen LogP contribution in [-0.2, 0) is 16.0 Å². The van der Waals surface area contributed by atoms with Gasteiger partial charge in [0, 0.05) is 12.8 Å². The highest BCUT2D eigenvalue weighted by Crippen LogP contribution is 2.07. The summed E-state index contributed by atoms with van der Waals surface area (Å²) in [5.41, 5.74) is 0. The number of nitrogens with zero attached hydrogens (tertiary/aromatic N) is 1. The largest absolute Gasteiger partial charge is 0.469 e. The van der Waals surface area contributed by atoms with Gasteiger partial charge in [0.25, 0.3) is 0 Å². The molecule has 0 radical (unpaired) electrons. The van der Waals surface area contributed by atoms with Crippen molar-refractivity contribution in [3.05, 3.63) is 31.0 Å². The Morgan fingerprint density at radius 3 is 2.69 bits per heavy atom. The molecule has 0 aliphatic heterocycles. The molecule has 0 saturated heterocycles. The van der Waals surface area contributed by atoms with E-state index in [1.165, 1.54) is 7.11 Å². The maximum atomic E-state index is 10.8. The standard InChI is InChI=1S/C10H15NO3.C2H4/c1-8-7-11-9(14-8)5-3-4-6-10(12)13-2;1-2/h7H,3-6H2,1-2H3;1-2H2. The monoisotopic (exact) mass is 225 g/mol. The molecule has 0 bridgehead atoms. The van der Waals surface area contributed by atoms with Gasteiger partial charge in [-0.2, -0.15) is 0 Å². The average molecular weight is 225 g/mol. The quantitative estimate of drug-likeness (QED) is 0.439. The van der Waals surface area contributed by atoms with Crippen molar-refractivity contribution in [2.45, 2.75) is 32.6 Å². The smallest absolute Gasteiger partial charge is 0.305 e.